The Morgan fingerprint density at radius 3 is 2.38 bits per heavy atom. The van der Waals surface area contributed by atoms with Gasteiger partial charge in [-0.15, -0.1) is 0 Å². The van der Waals surface area contributed by atoms with Gasteiger partial charge in [0.2, 0.25) is 0 Å². The van der Waals surface area contributed by atoms with Gasteiger partial charge in [0.1, 0.15) is 5.82 Å². The number of rotatable bonds is 5. The summed E-state index contributed by atoms with van der Waals surface area (Å²) in [7, 11) is 0. The Hall–Kier alpha value is -2.99. The Balaban J connectivity index is 1.87. The molecule has 0 aliphatic carbocycles. The normalized spacial score (nSPS) is 12.7. The molecule has 5 nitrogen and oxygen atoms in total. The van der Waals surface area contributed by atoms with E-state index < -0.39 is 0 Å². The van der Waals surface area contributed by atoms with E-state index >= 15 is 0 Å². The second kappa shape index (κ2) is 9.34. The number of hydrogen-bond acceptors (Lipinski definition) is 3. The summed E-state index contributed by atoms with van der Waals surface area (Å²) >= 11 is 3.47. The van der Waals surface area contributed by atoms with Gasteiger partial charge in [0.05, 0.1) is 22.8 Å². The van der Waals surface area contributed by atoms with Crippen molar-refractivity contribution in [3.63, 3.8) is 0 Å². The summed E-state index contributed by atoms with van der Waals surface area (Å²) in [6.45, 7) is 14.8. The molecule has 0 spiro atoms. The highest BCUT2D eigenvalue weighted by atomic mass is 79.9. The first-order valence-corrected chi connectivity index (χ1v) is 12.4. The molecule has 0 saturated carbocycles. The van der Waals surface area contributed by atoms with Gasteiger partial charge in [0, 0.05) is 27.3 Å². The van der Waals surface area contributed by atoms with Crippen molar-refractivity contribution in [2.45, 2.75) is 60.8 Å². The van der Waals surface area contributed by atoms with Crippen LogP contribution in [-0.2, 0) is 0 Å². The Bertz CT molecular complexity index is 1470. The molecule has 0 amide bonds. The molecule has 1 atom stereocenters. The molecule has 0 aliphatic heterocycles. The van der Waals surface area contributed by atoms with Crippen molar-refractivity contribution in [3.05, 3.63) is 90.7 Å². The van der Waals surface area contributed by atoms with Crippen LogP contribution in [0.5, 0.6) is 0 Å². The third-order valence-electron chi connectivity index (χ3n) is 6.53. The summed E-state index contributed by atoms with van der Waals surface area (Å²) in [6.07, 6.45) is 2.65. The van der Waals surface area contributed by atoms with Gasteiger partial charge in [-0.25, -0.2) is 4.98 Å². The van der Waals surface area contributed by atoms with E-state index in [1.54, 1.807) is 6.21 Å². The standard InChI is InChI=1S/C28H31BrN4O/c1-8-17(3)27-31-25-10-9-23(29)14-24(25)28(34)33(27)30-15-22-13-20(6)32(21(22)7)26-18(4)11-16(2)12-19(26)5/h9-15,17H,8H2,1-7H3/t17-/m1/s1. The monoisotopic (exact) mass is 518 g/mol. The number of aromatic nitrogens is 3. The van der Waals surface area contributed by atoms with Gasteiger partial charge >= 0.3 is 0 Å². The molecule has 176 valence electrons. The summed E-state index contributed by atoms with van der Waals surface area (Å²) in [5, 5.41) is 5.23. The quantitative estimate of drug-likeness (QED) is 0.270. The minimum absolute atomic E-state index is 0.100. The van der Waals surface area contributed by atoms with Crippen molar-refractivity contribution >= 4 is 33.0 Å². The summed E-state index contributed by atoms with van der Waals surface area (Å²) in [5.41, 5.74) is 8.67. The highest BCUT2D eigenvalue weighted by Gasteiger charge is 2.17. The number of fused-ring (bicyclic) bond motifs is 1. The molecule has 4 aromatic rings. The van der Waals surface area contributed by atoms with Crippen molar-refractivity contribution < 1.29 is 0 Å². The second-order valence-corrected chi connectivity index (χ2v) is 10.1. The van der Waals surface area contributed by atoms with E-state index in [0.29, 0.717) is 16.7 Å². The molecule has 0 bridgehead atoms. The van der Waals surface area contributed by atoms with Crippen molar-refractivity contribution in [2.24, 2.45) is 5.10 Å². The number of halogens is 1. The molecule has 0 N–H and O–H groups in total. The number of benzene rings is 2. The molecular formula is C28H31BrN4O. The smallest absolute Gasteiger partial charge is 0.282 e. The molecular weight excluding hydrogens is 488 g/mol. The van der Waals surface area contributed by atoms with E-state index in [4.69, 9.17) is 4.98 Å². The average molecular weight is 519 g/mol. The summed E-state index contributed by atoms with van der Waals surface area (Å²) in [6, 6.07) is 12.1. The van der Waals surface area contributed by atoms with E-state index in [1.807, 2.05) is 18.2 Å². The van der Waals surface area contributed by atoms with Crippen LogP contribution in [0.4, 0.5) is 0 Å². The van der Waals surface area contributed by atoms with E-state index in [0.717, 1.165) is 27.8 Å². The highest BCUT2D eigenvalue weighted by Crippen LogP contribution is 2.27. The molecule has 2 aromatic heterocycles. The Kier molecular flexibility index (Phi) is 6.63. The van der Waals surface area contributed by atoms with E-state index in [2.05, 4.69) is 92.3 Å². The molecule has 2 heterocycles. The SMILES string of the molecule is CC[C@@H](C)c1nc2ccc(Br)cc2c(=O)n1N=Cc1cc(C)n(-c2c(C)cc(C)cc2C)c1C. The maximum Gasteiger partial charge on any atom is 0.282 e. The lowest BCUT2D eigenvalue weighted by Crippen LogP contribution is -2.23. The van der Waals surface area contributed by atoms with Crippen LogP contribution in [0.3, 0.4) is 0 Å². The van der Waals surface area contributed by atoms with Crippen molar-refractivity contribution in [1.29, 1.82) is 0 Å². The van der Waals surface area contributed by atoms with Gasteiger partial charge < -0.3 is 4.57 Å². The third kappa shape index (κ3) is 4.27. The fourth-order valence-electron chi connectivity index (χ4n) is 4.69. The van der Waals surface area contributed by atoms with Crippen LogP contribution < -0.4 is 5.56 Å². The lowest BCUT2D eigenvalue weighted by molar-refractivity contribution is 0.613. The fraction of sp³-hybridized carbons (Fsp3) is 0.321. The predicted molar refractivity (Wildman–Crippen MR) is 145 cm³/mol. The fourth-order valence-corrected chi connectivity index (χ4v) is 5.05. The number of nitrogens with zero attached hydrogens (tertiary/aromatic N) is 4. The van der Waals surface area contributed by atoms with E-state index in [-0.39, 0.29) is 11.5 Å². The van der Waals surface area contributed by atoms with Crippen LogP contribution >= 0.6 is 15.9 Å². The van der Waals surface area contributed by atoms with Gasteiger partial charge in [0.25, 0.3) is 5.56 Å². The first-order chi connectivity index (χ1) is 16.1. The zero-order chi connectivity index (χ0) is 24.7. The highest BCUT2D eigenvalue weighted by molar-refractivity contribution is 9.10. The molecule has 2 aromatic carbocycles. The van der Waals surface area contributed by atoms with Crippen LogP contribution in [0.15, 0.2) is 50.8 Å². The van der Waals surface area contributed by atoms with Crippen LogP contribution in [0.25, 0.3) is 16.6 Å². The van der Waals surface area contributed by atoms with Gasteiger partial charge in [-0.2, -0.15) is 9.78 Å². The van der Waals surface area contributed by atoms with Gasteiger partial charge in [0.15, 0.2) is 0 Å². The number of hydrogen-bond donors (Lipinski definition) is 0. The van der Waals surface area contributed by atoms with Crippen molar-refractivity contribution in [3.8, 4) is 5.69 Å². The first kappa shape index (κ1) is 24.1. The molecule has 0 fully saturated rings. The van der Waals surface area contributed by atoms with Gasteiger partial charge in [-0.1, -0.05) is 47.5 Å². The number of aryl methyl sites for hydroxylation is 4. The van der Waals surface area contributed by atoms with E-state index in [9.17, 15) is 4.79 Å². The third-order valence-corrected chi connectivity index (χ3v) is 7.02. The summed E-state index contributed by atoms with van der Waals surface area (Å²) in [5.74, 6) is 0.779. The van der Waals surface area contributed by atoms with Crippen LogP contribution in [0.1, 0.15) is 65.7 Å². The van der Waals surface area contributed by atoms with Gasteiger partial charge in [-0.05, 0) is 76.4 Å². The Morgan fingerprint density at radius 2 is 1.74 bits per heavy atom. The Labute approximate surface area is 209 Å². The maximum atomic E-state index is 13.4. The zero-order valence-corrected chi connectivity index (χ0v) is 22.5. The topological polar surface area (TPSA) is 52.2 Å². The molecule has 0 radical (unpaired) electrons. The minimum Gasteiger partial charge on any atom is -0.317 e. The lowest BCUT2D eigenvalue weighted by atomic mass is 10.0. The first-order valence-electron chi connectivity index (χ1n) is 11.7. The summed E-state index contributed by atoms with van der Waals surface area (Å²) in [4.78, 5) is 18.2. The summed E-state index contributed by atoms with van der Waals surface area (Å²) < 4.78 is 4.59. The second-order valence-electron chi connectivity index (χ2n) is 9.21. The average Bonchev–Trinajstić information content (AvgIpc) is 3.05. The van der Waals surface area contributed by atoms with Crippen LogP contribution in [0, 0.1) is 34.6 Å². The van der Waals surface area contributed by atoms with E-state index in [1.165, 1.54) is 27.1 Å². The maximum absolute atomic E-state index is 13.4. The van der Waals surface area contributed by atoms with Crippen LogP contribution in [-0.4, -0.2) is 20.4 Å². The molecule has 0 unspecified atom stereocenters. The van der Waals surface area contributed by atoms with Crippen LogP contribution in [0.2, 0.25) is 0 Å². The lowest BCUT2D eigenvalue weighted by Gasteiger charge is -2.17. The zero-order valence-electron chi connectivity index (χ0n) is 20.9. The molecule has 4 rings (SSSR count). The molecule has 34 heavy (non-hydrogen) atoms. The van der Waals surface area contributed by atoms with Gasteiger partial charge in [-0.3, -0.25) is 4.79 Å². The van der Waals surface area contributed by atoms with Crippen molar-refractivity contribution in [2.75, 3.05) is 0 Å². The Morgan fingerprint density at radius 1 is 1.06 bits per heavy atom. The molecule has 0 saturated heterocycles. The molecule has 6 heteroatoms. The predicted octanol–water partition coefficient (Wildman–Crippen LogP) is 6.89. The van der Waals surface area contributed by atoms with Crippen molar-refractivity contribution in [1.82, 2.24) is 14.2 Å². The largest absolute Gasteiger partial charge is 0.317 e. The minimum atomic E-state index is -0.156. The molecule has 0 aliphatic rings.